The van der Waals surface area contributed by atoms with E-state index in [9.17, 15) is 8.78 Å². The Morgan fingerprint density at radius 1 is 1.24 bits per heavy atom. The lowest BCUT2D eigenvalue weighted by molar-refractivity contribution is 0.151. The molecule has 0 fully saturated rings. The van der Waals surface area contributed by atoms with Crippen molar-refractivity contribution in [3.63, 3.8) is 0 Å². The Morgan fingerprint density at radius 2 is 1.90 bits per heavy atom. The summed E-state index contributed by atoms with van der Waals surface area (Å²) in [7, 11) is 0. The molecule has 2 atom stereocenters. The van der Waals surface area contributed by atoms with Crippen molar-refractivity contribution in [2.45, 2.75) is 39.2 Å². The zero-order chi connectivity index (χ0) is 15.1. The summed E-state index contributed by atoms with van der Waals surface area (Å²) < 4.78 is 27.3. The van der Waals surface area contributed by atoms with E-state index in [1.54, 1.807) is 12.1 Å². The van der Waals surface area contributed by atoms with Crippen LogP contribution in [0.25, 0.3) is 11.3 Å². The maximum absolute atomic E-state index is 12.6. The van der Waals surface area contributed by atoms with Gasteiger partial charge in [-0.1, -0.05) is 31.2 Å². The van der Waals surface area contributed by atoms with Crippen molar-refractivity contribution in [1.82, 2.24) is 9.55 Å². The number of rotatable bonds is 2. The van der Waals surface area contributed by atoms with Crippen LogP contribution in [0.5, 0.6) is 0 Å². The lowest BCUT2D eigenvalue weighted by atomic mass is 9.95. The van der Waals surface area contributed by atoms with Gasteiger partial charge in [-0.15, -0.1) is 0 Å². The number of alkyl halides is 2. The normalized spacial score (nSPS) is 21.6. The molecule has 1 aromatic heterocycles. The van der Waals surface area contributed by atoms with Gasteiger partial charge in [0.15, 0.2) is 0 Å². The summed E-state index contributed by atoms with van der Waals surface area (Å²) in [4.78, 5) is 4.65. The molecule has 2 heterocycles. The van der Waals surface area contributed by atoms with E-state index >= 15 is 0 Å². The van der Waals surface area contributed by atoms with Gasteiger partial charge in [0.25, 0.3) is 6.43 Å². The van der Waals surface area contributed by atoms with Crippen LogP contribution in [0.4, 0.5) is 14.6 Å². The molecule has 3 rings (SSSR count). The van der Waals surface area contributed by atoms with E-state index in [1.807, 2.05) is 0 Å². The minimum Gasteiger partial charge on any atom is -0.383 e. The molecule has 0 amide bonds. The Hall–Kier alpha value is -1.91. The molecule has 2 unspecified atom stereocenters. The van der Waals surface area contributed by atoms with Crippen LogP contribution in [-0.4, -0.2) is 9.55 Å². The van der Waals surface area contributed by atoms with Crippen molar-refractivity contribution in [3.8, 4) is 11.3 Å². The third-order valence-electron chi connectivity index (χ3n) is 4.17. The van der Waals surface area contributed by atoms with Crippen molar-refractivity contribution in [2.75, 3.05) is 5.73 Å². The molecule has 5 heteroatoms. The number of imidazole rings is 1. The number of nitrogen functional groups attached to an aromatic ring is 1. The SMILES string of the molecule is CC1Cc2nc(-c3ccc(C(F)F)cc3)c(N)n2C(C)C1. The molecule has 1 aliphatic rings. The number of halogens is 2. The molecule has 3 nitrogen and oxygen atoms in total. The first-order valence-corrected chi connectivity index (χ1v) is 7.22. The van der Waals surface area contributed by atoms with Crippen molar-refractivity contribution in [1.29, 1.82) is 0 Å². The van der Waals surface area contributed by atoms with Crippen LogP contribution in [0.3, 0.4) is 0 Å². The van der Waals surface area contributed by atoms with Crippen LogP contribution in [-0.2, 0) is 6.42 Å². The average molecular weight is 291 g/mol. The largest absolute Gasteiger partial charge is 0.383 e. The minimum absolute atomic E-state index is 0.0169. The first-order chi connectivity index (χ1) is 9.97. The number of anilines is 1. The van der Waals surface area contributed by atoms with Gasteiger partial charge < -0.3 is 10.3 Å². The maximum Gasteiger partial charge on any atom is 0.263 e. The highest BCUT2D eigenvalue weighted by Gasteiger charge is 2.26. The van der Waals surface area contributed by atoms with Crippen molar-refractivity contribution in [3.05, 3.63) is 35.7 Å². The molecule has 112 valence electrons. The Balaban J connectivity index is 2.02. The average Bonchev–Trinajstić information content (AvgIpc) is 2.76. The molecular weight excluding hydrogens is 272 g/mol. The predicted molar refractivity (Wildman–Crippen MR) is 79.2 cm³/mol. The molecule has 2 N–H and O–H groups in total. The minimum atomic E-state index is -2.45. The van der Waals surface area contributed by atoms with E-state index in [0.29, 0.717) is 23.5 Å². The van der Waals surface area contributed by atoms with Gasteiger partial charge in [-0.05, 0) is 19.3 Å². The second-order valence-electron chi connectivity index (χ2n) is 5.95. The second kappa shape index (κ2) is 5.13. The molecule has 21 heavy (non-hydrogen) atoms. The van der Waals surface area contributed by atoms with Crippen LogP contribution in [0.2, 0.25) is 0 Å². The quantitative estimate of drug-likeness (QED) is 0.900. The summed E-state index contributed by atoms with van der Waals surface area (Å²) in [5.74, 6) is 2.21. The third-order valence-corrected chi connectivity index (χ3v) is 4.17. The number of nitrogens with two attached hydrogens (primary N) is 1. The number of fused-ring (bicyclic) bond motifs is 1. The first-order valence-electron chi connectivity index (χ1n) is 7.22. The summed E-state index contributed by atoms with van der Waals surface area (Å²) in [5.41, 5.74) is 7.75. The molecule has 0 saturated carbocycles. The Kier molecular flexibility index (Phi) is 3.43. The van der Waals surface area contributed by atoms with Crippen molar-refractivity contribution >= 4 is 5.82 Å². The maximum atomic E-state index is 12.6. The highest BCUT2D eigenvalue weighted by atomic mass is 19.3. The number of hydrogen-bond donors (Lipinski definition) is 1. The van der Waals surface area contributed by atoms with E-state index in [2.05, 4.69) is 23.4 Å². The van der Waals surface area contributed by atoms with Crippen LogP contribution in [0.1, 0.15) is 44.1 Å². The van der Waals surface area contributed by atoms with Crippen LogP contribution in [0.15, 0.2) is 24.3 Å². The third kappa shape index (κ3) is 2.41. The predicted octanol–water partition coefficient (Wildman–Crippen LogP) is 4.21. The van der Waals surface area contributed by atoms with Gasteiger partial charge in [0, 0.05) is 23.6 Å². The molecule has 0 radical (unpaired) electrons. The van der Waals surface area contributed by atoms with Gasteiger partial charge in [-0.25, -0.2) is 13.8 Å². The van der Waals surface area contributed by atoms with Gasteiger partial charge >= 0.3 is 0 Å². The highest BCUT2D eigenvalue weighted by molar-refractivity contribution is 5.71. The van der Waals surface area contributed by atoms with Gasteiger partial charge in [0.1, 0.15) is 17.3 Å². The zero-order valence-corrected chi connectivity index (χ0v) is 12.2. The number of nitrogens with zero attached hydrogens (tertiary/aromatic N) is 2. The number of hydrogen-bond acceptors (Lipinski definition) is 2. The molecule has 0 spiro atoms. The van der Waals surface area contributed by atoms with Crippen LogP contribution >= 0.6 is 0 Å². The molecule has 0 saturated heterocycles. The number of aromatic nitrogens is 2. The molecule has 2 aromatic rings. The van der Waals surface area contributed by atoms with Gasteiger partial charge in [0.05, 0.1) is 0 Å². The van der Waals surface area contributed by atoms with Gasteiger partial charge in [-0.2, -0.15) is 0 Å². The second-order valence-corrected chi connectivity index (χ2v) is 5.95. The highest BCUT2D eigenvalue weighted by Crippen LogP contribution is 2.36. The summed E-state index contributed by atoms with van der Waals surface area (Å²) in [6.07, 6.45) is -0.464. The lowest BCUT2D eigenvalue weighted by Crippen LogP contribution is -2.22. The summed E-state index contributed by atoms with van der Waals surface area (Å²) in [6, 6.07) is 6.53. The summed E-state index contributed by atoms with van der Waals surface area (Å²) >= 11 is 0. The molecule has 0 bridgehead atoms. The fourth-order valence-electron chi connectivity index (χ4n) is 3.21. The Bertz CT molecular complexity index is 646. The van der Waals surface area contributed by atoms with E-state index < -0.39 is 6.43 Å². The fourth-order valence-corrected chi connectivity index (χ4v) is 3.21. The van der Waals surface area contributed by atoms with Crippen molar-refractivity contribution < 1.29 is 8.78 Å². The smallest absolute Gasteiger partial charge is 0.263 e. The van der Waals surface area contributed by atoms with E-state index in [0.717, 1.165) is 24.2 Å². The Morgan fingerprint density at radius 3 is 2.52 bits per heavy atom. The Labute approximate surface area is 122 Å². The van der Waals surface area contributed by atoms with Crippen molar-refractivity contribution in [2.24, 2.45) is 5.92 Å². The standard InChI is InChI=1S/C16H19F2N3/c1-9-7-10(2)21-13(8-9)20-14(16(21)19)11-3-5-12(6-4-11)15(17)18/h3-6,9-10,15H,7-8,19H2,1-2H3. The monoisotopic (exact) mass is 291 g/mol. The van der Waals surface area contributed by atoms with E-state index in [-0.39, 0.29) is 5.56 Å². The van der Waals surface area contributed by atoms with Gasteiger partial charge in [-0.3, -0.25) is 0 Å². The zero-order valence-electron chi connectivity index (χ0n) is 12.2. The van der Waals surface area contributed by atoms with E-state index in [1.165, 1.54) is 12.1 Å². The van der Waals surface area contributed by atoms with E-state index in [4.69, 9.17) is 5.73 Å². The summed E-state index contributed by atoms with van der Waals surface area (Å²) in [6.45, 7) is 4.35. The fraction of sp³-hybridized carbons (Fsp3) is 0.438. The van der Waals surface area contributed by atoms with Crippen LogP contribution in [0, 0.1) is 5.92 Å². The molecular formula is C16H19F2N3. The molecule has 1 aliphatic heterocycles. The number of benzene rings is 1. The summed E-state index contributed by atoms with van der Waals surface area (Å²) in [5, 5.41) is 0. The van der Waals surface area contributed by atoms with Crippen LogP contribution < -0.4 is 5.73 Å². The molecule has 1 aromatic carbocycles. The lowest BCUT2D eigenvalue weighted by Gasteiger charge is -2.27. The topological polar surface area (TPSA) is 43.8 Å². The van der Waals surface area contributed by atoms with Gasteiger partial charge in [0.2, 0.25) is 0 Å². The molecule has 0 aliphatic carbocycles. The first kappa shape index (κ1) is 14.0.